The van der Waals surface area contributed by atoms with Crippen molar-refractivity contribution in [3.63, 3.8) is 0 Å². The van der Waals surface area contributed by atoms with Crippen molar-refractivity contribution >= 4 is 5.91 Å². The number of amides is 1. The van der Waals surface area contributed by atoms with E-state index in [9.17, 15) is 4.79 Å². The van der Waals surface area contributed by atoms with Crippen LogP contribution in [0.2, 0.25) is 0 Å². The summed E-state index contributed by atoms with van der Waals surface area (Å²) < 4.78 is 0. The Morgan fingerprint density at radius 2 is 2.00 bits per heavy atom. The molecule has 1 aromatic carbocycles. The molecule has 5 rings (SSSR count). The minimum absolute atomic E-state index is 0.199. The van der Waals surface area contributed by atoms with Crippen LogP contribution in [-0.4, -0.2) is 12.5 Å². The van der Waals surface area contributed by atoms with E-state index in [0.29, 0.717) is 29.6 Å². The van der Waals surface area contributed by atoms with Crippen molar-refractivity contribution < 1.29 is 4.79 Å². The van der Waals surface area contributed by atoms with E-state index in [-0.39, 0.29) is 16.7 Å². The second-order valence-corrected chi connectivity index (χ2v) is 11.7. The summed E-state index contributed by atoms with van der Waals surface area (Å²) in [5.41, 5.74) is 5.10. The van der Waals surface area contributed by atoms with Crippen LogP contribution in [-0.2, 0) is 16.6 Å². The predicted octanol–water partition coefficient (Wildman–Crippen LogP) is 6.15. The van der Waals surface area contributed by atoms with E-state index in [4.69, 9.17) is 0 Å². The van der Waals surface area contributed by atoms with E-state index in [1.807, 2.05) is 0 Å². The van der Waals surface area contributed by atoms with Gasteiger partial charge in [0.2, 0.25) is 5.91 Å². The normalized spacial score (nSPS) is 39.1. The number of rotatable bonds is 4. The first-order valence-electron chi connectivity index (χ1n) is 12.4. The second-order valence-electron chi connectivity index (χ2n) is 11.7. The third-order valence-electron chi connectivity index (χ3n) is 9.45. The Labute approximate surface area is 182 Å². The lowest BCUT2D eigenvalue weighted by molar-refractivity contribution is -0.126. The van der Waals surface area contributed by atoms with E-state index >= 15 is 0 Å². The van der Waals surface area contributed by atoms with Gasteiger partial charge in [-0.15, -0.1) is 0 Å². The Morgan fingerprint density at radius 3 is 2.70 bits per heavy atom. The summed E-state index contributed by atoms with van der Waals surface area (Å²) in [6.07, 6.45) is 13.1. The van der Waals surface area contributed by atoms with E-state index < -0.39 is 0 Å². The molecule has 1 N–H and O–H groups in total. The van der Waals surface area contributed by atoms with Gasteiger partial charge in [-0.2, -0.15) is 0 Å². The number of fused-ring (bicyclic) bond motifs is 5. The molecule has 2 nitrogen and oxygen atoms in total. The Balaban J connectivity index is 1.34. The maximum absolute atomic E-state index is 13.0. The second kappa shape index (κ2) is 7.24. The minimum atomic E-state index is 0.199. The van der Waals surface area contributed by atoms with Crippen LogP contribution in [0.1, 0.15) is 88.8 Å². The topological polar surface area (TPSA) is 29.1 Å². The molecular weight excluding hydrogens is 366 g/mol. The molecule has 0 radical (unpaired) electrons. The van der Waals surface area contributed by atoms with Crippen LogP contribution < -0.4 is 5.32 Å². The zero-order chi connectivity index (χ0) is 21.1. The van der Waals surface area contributed by atoms with Crippen LogP contribution in [0.4, 0.5) is 0 Å². The van der Waals surface area contributed by atoms with E-state index in [2.05, 4.69) is 63.4 Å². The zero-order valence-electron chi connectivity index (χ0n) is 19.3. The molecule has 3 unspecified atom stereocenters. The number of carbonyl (C=O) groups excluding carboxylic acids is 1. The molecule has 2 bridgehead atoms. The van der Waals surface area contributed by atoms with Crippen LogP contribution in [0.15, 0.2) is 30.4 Å². The summed E-state index contributed by atoms with van der Waals surface area (Å²) in [6, 6.07) is 7.30. The predicted molar refractivity (Wildman–Crippen MR) is 124 cm³/mol. The largest absolute Gasteiger partial charge is 0.355 e. The first-order chi connectivity index (χ1) is 14.3. The first-order valence-corrected chi connectivity index (χ1v) is 12.4. The van der Waals surface area contributed by atoms with Gasteiger partial charge in [0.05, 0.1) is 0 Å². The van der Waals surface area contributed by atoms with Gasteiger partial charge >= 0.3 is 0 Å². The summed E-state index contributed by atoms with van der Waals surface area (Å²) in [5, 5.41) is 3.45. The van der Waals surface area contributed by atoms with Crippen molar-refractivity contribution in [1.82, 2.24) is 5.32 Å². The SMILES string of the molecule is CC(C)c1ccc2c(c1)CC[C@H]1[C@](C)(CNC(=O)C3CC4C=CC3C4)CCC[C@]21C. The standard InChI is InChI=1S/C28H39NO/c1-18(2)20-8-10-24-22(16-20)9-11-25-27(3,12-5-13-28(24,25)4)17-29-26(30)23-15-19-6-7-21(23)14-19/h6-8,10,16,18-19,21,23,25H,5,9,11-15,17H2,1-4H3,(H,29,30)/t19?,21?,23?,25-,27-,28+/m0/s1. The highest BCUT2D eigenvalue weighted by Crippen LogP contribution is 2.57. The van der Waals surface area contributed by atoms with E-state index in [1.54, 1.807) is 11.1 Å². The van der Waals surface area contributed by atoms with Gasteiger partial charge in [-0.25, -0.2) is 0 Å². The summed E-state index contributed by atoms with van der Waals surface area (Å²) in [4.78, 5) is 13.0. The number of hydrogen-bond donors (Lipinski definition) is 1. The third-order valence-corrected chi connectivity index (χ3v) is 9.45. The van der Waals surface area contributed by atoms with Gasteiger partial charge < -0.3 is 5.32 Å². The summed E-state index contributed by atoms with van der Waals surface area (Å²) in [6.45, 7) is 10.4. The smallest absolute Gasteiger partial charge is 0.223 e. The van der Waals surface area contributed by atoms with Gasteiger partial charge in [0.25, 0.3) is 0 Å². The number of nitrogens with one attached hydrogen (secondary N) is 1. The molecule has 0 aromatic heterocycles. The molecule has 4 aliphatic rings. The van der Waals surface area contributed by atoms with Crippen molar-refractivity contribution in [2.24, 2.45) is 29.1 Å². The van der Waals surface area contributed by atoms with E-state index in [1.165, 1.54) is 44.1 Å². The maximum atomic E-state index is 13.0. The van der Waals surface area contributed by atoms with Gasteiger partial charge in [0.15, 0.2) is 0 Å². The summed E-state index contributed by atoms with van der Waals surface area (Å²) >= 11 is 0. The molecule has 2 fully saturated rings. The van der Waals surface area contributed by atoms with Crippen molar-refractivity contribution in [1.29, 1.82) is 0 Å². The van der Waals surface area contributed by atoms with Crippen molar-refractivity contribution in [3.8, 4) is 0 Å². The van der Waals surface area contributed by atoms with Crippen LogP contribution in [0.3, 0.4) is 0 Å². The van der Waals surface area contributed by atoms with Crippen LogP contribution in [0.5, 0.6) is 0 Å². The third kappa shape index (κ3) is 3.17. The molecule has 162 valence electrons. The van der Waals surface area contributed by atoms with Crippen molar-refractivity contribution in [2.45, 2.75) is 84.0 Å². The fraction of sp³-hybridized carbons (Fsp3) is 0.679. The van der Waals surface area contributed by atoms with Crippen LogP contribution in [0, 0.1) is 29.1 Å². The molecule has 6 atom stereocenters. The van der Waals surface area contributed by atoms with Crippen LogP contribution >= 0.6 is 0 Å². The van der Waals surface area contributed by atoms with Gasteiger partial charge in [-0.1, -0.05) is 64.5 Å². The highest BCUT2D eigenvalue weighted by atomic mass is 16.1. The Hall–Kier alpha value is -1.57. The Bertz CT molecular complexity index is 869. The van der Waals surface area contributed by atoms with Gasteiger partial charge in [0, 0.05) is 12.5 Å². The average Bonchev–Trinajstić information content (AvgIpc) is 3.35. The van der Waals surface area contributed by atoms with Crippen LogP contribution in [0.25, 0.3) is 0 Å². The fourth-order valence-electron chi connectivity index (χ4n) is 7.72. The van der Waals surface area contributed by atoms with Gasteiger partial charge in [-0.3, -0.25) is 4.79 Å². The zero-order valence-corrected chi connectivity index (χ0v) is 19.3. The number of benzene rings is 1. The molecule has 2 heteroatoms. The monoisotopic (exact) mass is 405 g/mol. The highest BCUT2D eigenvalue weighted by molar-refractivity contribution is 5.80. The average molecular weight is 406 g/mol. The van der Waals surface area contributed by atoms with Gasteiger partial charge in [0.1, 0.15) is 0 Å². The number of aryl methyl sites for hydroxylation is 1. The molecule has 0 aliphatic heterocycles. The summed E-state index contributed by atoms with van der Waals surface area (Å²) in [5.74, 6) is 2.93. The Kier molecular flexibility index (Phi) is 4.91. The van der Waals surface area contributed by atoms with Gasteiger partial charge in [-0.05, 0) is 89.7 Å². The first kappa shape index (κ1) is 20.3. The maximum Gasteiger partial charge on any atom is 0.223 e. The Morgan fingerprint density at radius 1 is 1.17 bits per heavy atom. The lowest BCUT2D eigenvalue weighted by atomic mass is 9.49. The van der Waals surface area contributed by atoms with E-state index in [0.717, 1.165) is 13.0 Å². The molecule has 0 spiro atoms. The summed E-state index contributed by atoms with van der Waals surface area (Å²) in [7, 11) is 0. The molecule has 2 saturated carbocycles. The minimum Gasteiger partial charge on any atom is -0.355 e. The fourth-order valence-corrected chi connectivity index (χ4v) is 7.72. The number of carbonyl (C=O) groups is 1. The van der Waals surface area contributed by atoms with Crippen molar-refractivity contribution in [2.75, 3.05) is 6.54 Å². The molecule has 30 heavy (non-hydrogen) atoms. The molecule has 1 amide bonds. The molecule has 0 saturated heterocycles. The lowest BCUT2D eigenvalue weighted by Crippen LogP contribution is -2.53. The molecule has 4 aliphatic carbocycles. The molecule has 1 aromatic rings. The highest BCUT2D eigenvalue weighted by Gasteiger charge is 2.52. The number of hydrogen-bond acceptors (Lipinski definition) is 1. The molecule has 0 heterocycles. The van der Waals surface area contributed by atoms with Crippen molar-refractivity contribution in [3.05, 3.63) is 47.0 Å². The lowest BCUT2D eigenvalue weighted by Gasteiger charge is -2.55. The molecular formula is C28H39NO. The number of allylic oxidation sites excluding steroid dienone is 2. The quantitative estimate of drug-likeness (QED) is 0.598.